The van der Waals surface area contributed by atoms with Crippen molar-refractivity contribution in [2.75, 3.05) is 31.6 Å². The third-order valence-electron chi connectivity index (χ3n) is 5.12. The summed E-state index contributed by atoms with van der Waals surface area (Å²) in [5, 5.41) is 5.59. The molecule has 0 aromatic heterocycles. The van der Waals surface area contributed by atoms with Crippen LogP contribution in [-0.4, -0.2) is 44.6 Å². The van der Waals surface area contributed by atoms with Crippen LogP contribution >= 0.6 is 0 Å². The van der Waals surface area contributed by atoms with Crippen LogP contribution in [0.1, 0.15) is 30.9 Å². The maximum absolute atomic E-state index is 12.5. The van der Waals surface area contributed by atoms with Gasteiger partial charge in [-0.3, -0.25) is 9.59 Å². The number of nitrogens with one attached hydrogen (secondary N) is 2. The highest BCUT2D eigenvalue weighted by Gasteiger charge is 2.30. The van der Waals surface area contributed by atoms with Gasteiger partial charge in [-0.15, -0.1) is 0 Å². The van der Waals surface area contributed by atoms with E-state index in [1.54, 1.807) is 7.05 Å². The second-order valence-electron chi connectivity index (χ2n) is 7.57. The molecule has 1 atom stereocenters. The van der Waals surface area contributed by atoms with E-state index >= 15 is 0 Å². The Kier molecular flexibility index (Phi) is 6.75. The number of hydrogen-bond donors (Lipinski definition) is 2. The highest BCUT2D eigenvalue weighted by molar-refractivity contribution is 5.86. The third-order valence-corrected chi connectivity index (χ3v) is 5.12. The number of amides is 2. The van der Waals surface area contributed by atoms with E-state index in [1.807, 2.05) is 29.2 Å². The molecule has 1 heterocycles. The van der Waals surface area contributed by atoms with Gasteiger partial charge in [-0.1, -0.05) is 50.2 Å². The molecule has 29 heavy (non-hydrogen) atoms. The molecule has 0 bridgehead atoms. The zero-order valence-corrected chi connectivity index (χ0v) is 17.3. The lowest BCUT2D eigenvalue weighted by atomic mass is 10.0. The Bertz CT molecular complexity index is 849. The fraction of sp³-hybridized carbons (Fsp3) is 0.391. The van der Waals surface area contributed by atoms with E-state index < -0.39 is 6.10 Å². The van der Waals surface area contributed by atoms with E-state index in [0.717, 1.165) is 12.1 Å². The molecule has 0 spiro atoms. The molecule has 2 amide bonds. The van der Waals surface area contributed by atoms with Gasteiger partial charge in [-0.2, -0.15) is 0 Å². The van der Waals surface area contributed by atoms with Gasteiger partial charge in [0.15, 0.2) is 6.10 Å². The minimum Gasteiger partial charge on any atom is -0.477 e. The van der Waals surface area contributed by atoms with E-state index in [1.165, 1.54) is 11.1 Å². The average molecular weight is 396 g/mol. The molecule has 0 radical (unpaired) electrons. The molecular weight excluding hydrogens is 366 g/mol. The molecule has 0 aliphatic carbocycles. The molecule has 6 nitrogen and oxygen atoms in total. The highest BCUT2D eigenvalue weighted by atomic mass is 16.5. The minimum atomic E-state index is -0.637. The third kappa shape index (κ3) is 5.28. The molecule has 6 heteroatoms. The number of benzene rings is 2. The minimum absolute atomic E-state index is 0.0730. The Hall–Kier alpha value is -3.02. The quantitative estimate of drug-likeness (QED) is 0.756. The fourth-order valence-electron chi connectivity index (χ4n) is 3.40. The summed E-state index contributed by atoms with van der Waals surface area (Å²) < 4.78 is 5.78. The van der Waals surface area contributed by atoms with E-state index in [2.05, 4.69) is 48.7 Å². The standard InChI is InChI=1S/C23H29N3O3/c1-16(2)18-10-8-17(9-11-18)12-13-25-22(27)15-26-14-21(23(28)24-3)29-20-7-5-4-6-19(20)26/h4-11,16,21H,12-15H2,1-3H3,(H,24,28)(H,25,27). The summed E-state index contributed by atoms with van der Waals surface area (Å²) >= 11 is 0. The SMILES string of the molecule is CNC(=O)C1CN(CC(=O)NCCc2ccc(C(C)C)cc2)c2ccccc2O1. The zero-order valence-electron chi connectivity index (χ0n) is 17.3. The maximum Gasteiger partial charge on any atom is 0.262 e. The first kappa shape index (κ1) is 20.7. The van der Waals surface area contributed by atoms with Gasteiger partial charge >= 0.3 is 0 Å². The van der Waals surface area contributed by atoms with E-state index in [-0.39, 0.29) is 18.4 Å². The van der Waals surface area contributed by atoms with Gasteiger partial charge in [-0.05, 0) is 35.6 Å². The average Bonchev–Trinajstić information content (AvgIpc) is 2.73. The monoisotopic (exact) mass is 395 g/mol. The number of fused-ring (bicyclic) bond motifs is 1. The van der Waals surface area contributed by atoms with Gasteiger partial charge in [0, 0.05) is 13.6 Å². The molecule has 0 fully saturated rings. The lowest BCUT2D eigenvalue weighted by Gasteiger charge is -2.35. The predicted molar refractivity (Wildman–Crippen MR) is 114 cm³/mol. The molecular formula is C23H29N3O3. The van der Waals surface area contributed by atoms with Crippen molar-refractivity contribution in [3.05, 3.63) is 59.7 Å². The number of ether oxygens (including phenoxy) is 1. The van der Waals surface area contributed by atoms with Crippen LogP contribution in [0.15, 0.2) is 48.5 Å². The summed E-state index contributed by atoms with van der Waals surface area (Å²) in [4.78, 5) is 26.4. The molecule has 2 aromatic rings. The van der Waals surface area contributed by atoms with E-state index in [9.17, 15) is 9.59 Å². The Balaban J connectivity index is 1.56. The molecule has 1 unspecified atom stereocenters. The number of nitrogens with zero attached hydrogens (tertiary/aromatic N) is 1. The van der Waals surface area contributed by atoms with Gasteiger partial charge in [0.1, 0.15) is 5.75 Å². The maximum atomic E-state index is 12.5. The summed E-state index contributed by atoms with van der Waals surface area (Å²) in [5.41, 5.74) is 3.34. The van der Waals surface area contributed by atoms with E-state index in [4.69, 9.17) is 4.74 Å². The number of hydrogen-bond acceptors (Lipinski definition) is 4. The predicted octanol–water partition coefficient (Wildman–Crippen LogP) is 2.48. The van der Waals surface area contributed by atoms with Crippen LogP contribution in [-0.2, 0) is 16.0 Å². The molecule has 2 N–H and O–H groups in total. The number of para-hydroxylation sites is 2. The summed E-state index contributed by atoms with van der Waals surface area (Å²) in [6, 6.07) is 16.0. The van der Waals surface area contributed by atoms with Crippen LogP contribution in [0.4, 0.5) is 5.69 Å². The van der Waals surface area contributed by atoms with Crippen molar-refractivity contribution in [2.45, 2.75) is 32.3 Å². The van der Waals surface area contributed by atoms with Crippen LogP contribution in [0.25, 0.3) is 0 Å². The summed E-state index contributed by atoms with van der Waals surface area (Å²) in [7, 11) is 1.58. The van der Waals surface area contributed by atoms with Crippen molar-refractivity contribution < 1.29 is 14.3 Å². The Morgan fingerprint density at radius 3 is 2.55 bits per heavy atom. The smallest absolute Gasteiger partial charge is 0.262 e. The van der Waals surface area contributed by atoms with Crippen molar-refractivity contribution in [2.24, 2.45) is 0 Å². The Morgan fingerprint density at radius 2 is 1.86 bits per heavy atom. The molecule has 0 saturated carbocycles. The molecule has 154 valence electrons. The first-order valence-corrected chi connectivity index (χ1v) is 10.1. The van der Waals surface area contributed by atoms with Crippen LogP contribution in [0.2, 0.25) is 0 Å². The topological polar surface area (TPSA) is 70.7 Å². The van der Waals surface area contributed by atoms with Crippen molar-refractivity contribution in [1.82, 2.24) is 10.6 Å². The van der Waals surface area contributed by atoms with Crippen molar-refractivity contribution in [1.29, 1.82) is 0 Å². The molecule has 3 rings (SSSR count). The molecule has 1 aliphatic rings. The number of anilines is 1. The second kappa shape index (κ2) is 9.45. The Labute approximate surface area is 172 Å². The number of carbonyl (C=O) groups is 2. The van der Waals surface area contributed by atoms with Crippen LogP contribution in [0.3, 0.4) is 0 Å². The van der Waals surface area contributed by atoms with E-state index in [0.29, 0.717) is 24.8 Å². The largest absolute Gasteiger partial charge is 0.477 e. The summed E-state index contributed by atoms with van der Waals surface area (Å²) in [5.74, 6) is 0.857. The molecule has 1 aliphatic heterocycles. The number of carbonyl (C=O) groups excluding carboxylic acids is 2. The van der Waals surface area contributed by atoms with Gasteiger partial charge < -0.3 is 20.3 Å². The number of likely N-dealkylation sites (N-methyl/N-ethyl adjacent to an activating group) is 1. The molecule has 2 aromatic carbocycles. The van der Waals surface area contributed by atoms with Gasteiger partial charge in [0.25, 0.3) is 5.91 Å². The first-order valence-electron chi connectivity index (χ1n) is 10.1. The fourth-order valence-corrected chi connectivity index (χ4v) is 3.40. The number of rotatable bonds is 7. The summed E-state index contributed by atoms with van der Waals surface area (Å²) in [6.07, 6.45) is 0.146. The first-order chi connectivity index (χ1) is 14.0. The lowest BCUT2D eigenvalue weighted by Crippen LogP contribution is -2.50. The van der Waals surface area contributed by atoms with Crippen molar-refractivity contribution >= 4 is 17.5 Å². The van der Waals surface area contributed by atoms with Crippen LogP contribution < -0.4 is 20.3 Å². The lowest BCUT2D eigenvalue weighted by molar-refractivity contribution is -0.127. The van der Waals surface area contributed by atoms with Gasteiger partial charge in [-0.25, -0.2) is 0 Å². The Morgan fingerprint density at radius 1 is 1.14 bits per heavy atom. The second-order valence-corrected chi connectivity index (χ2v) is 7.57. The normalized spacial score (nSPS) is 15.4. The highest BCUT2D eigenvalue weighted by Crippen LogP contribution is 2.32. The van der Waals surface area contributed by atoms with Crippen molar-refractivity contribution in [3.63, 3.8) is 0 Å². The van der Waals surface area contributed by atoms with Crippen molar-refractivity contribution in [3.8, 4) is 5.75 Å². The molecule has 0 saturated heterocycles. The van der Waals surface area contributed by atoms with Gasteiger partial charge in [0.05, 0.1) is 18.8 Å². The zero-order chi connectivity index (χ0) is 20.8. The van der Waals surface area contributed by atoms with Crippen LogP contribution in [0, 0.1) is 0 Å². The summed E-state index contributed by atoms with van der Waals surface area (Å²) in [6.45, 7) is 5.44. The van der Waals surface area contributed by atoms with Gasteiger partial charge in [0.2, 0.25) is 5.91 Å². The van der Waals surface area contributed by atoms with Crippen LogP contribution in [0.5, 0.6) is 5.75 Å².